The summed E-state index contributed by atoms with van der Waals surface area (Å²) in [5.41, 5.74) is 3.05. The van der Waals surface area contributed by atoms with E-state index in [1.54, 1.807) is 12.0 Å². The second kappa shape index (κ2) is 11.0. The van der Waals surface area contributed by atoms with Crippen molar-refractivity contribution < 1.29 is 14.3 Å². The van der Waals surface area contributed by atoms with Gasteiger partial charge in [-0.2, -0.15) is 0 Å². The van der Waals surface area contributed by atoms with Gasteiger partial charge < -0.3 is 15.0 Å². The summed E-state index contributed by atoms with van der Waals surface area (Å²) in [5.74, 6) is 0.648. The first-order chi connectivity index (χ1) is 15.0. The molecule has 0 aliphatic heterocycles. The number of carbonyl (C=O) groups excluding carboxylic acids is 2. The number of ether oxygens (including phenoxy) is 1. The Hall–Kier alpha value is -2.82. The van der Waals surface area contributed by atoms with Gasteiger partial charge in [-0.25, -0.2) is 0 Å². The molecule has 2 aromatic carbocycles. The molecule has 3 rings (SSSR count). The van der Waals surface area contributed by atoms with Gasteiger partial charge in [-0.1, -0.05) is 61.2 Å². The fourth-order valence-electron chi connectivity index (χ4n) is 4.18. The maximum atomic E-state index is 13.3. The van der Waals surface area contributed by atoms with Crippen molar-refractivity contribution in [1.29, 1.82) is 0 Å². The van der Waals surface area contributed by atoms with Crippen LogP contribution in [0.5, 0.6) is 5.75 Å². The van der Waals surface area contributed by atoms with Gasteiger partial charge in [0.1, 0.15) is 11.8 Å². The molecule has 2 amide bonds. The van der Waals surface area contributed by atoms with Crippen LogP contribution < -0.4 is 10.1 Å². The van der Waals surface area contributed by atoms with Crippen LogP contribution in [-0.4, -0.2) is 35.9 Å². The molecule has 0 bridgehead atoms. The van der Waals surface area contributed by atoms with E-state index in [4.69, 9.17) is 4.74 Å². The smallest absolute Gasteiger partial charge is 0.242 e. The number of hydrogen-bond acceptors (Lipinski definition) is 3. The van der Waals surface area contributed by atoms with Crippen molar-refractivity contribution in [2.24, 2.45) is 0 Å². The molecular formula is C26H34N2O3. The summed E-state index contributed by atoms with van der Waals surface area (Å²) in [7, 11) is 1.63. The third-order valence-corrected chi connectivity index (χ3v) is 6.07. The lowest BCUT2D eigenvalue weighted by atomic mass is 9.95. The largest absolute Gasteiger partial charge is 0.497 e. The van der Waals surface area contributed by atoms with Crippen LogP contribution in [0, 0.1) is 6.92 Å². The zero-order chi connectivity index (χ0) is 22.2. The van der Waals surface area contributed by atoms with Crippen LogP contribution in [0.15, 0.2) is 48.5 Å². The highest BCUT2D eigenvalue weighted by Gasteiger charge is 2.28. The van der Waals surface area contributed by atoms with Crippen molar-refractivity contribution in [3.63, 3.8) is 0 Å². The lowest BCUT2D eigenvalue weighted by Crippen LogP contribution is -2.50. The van der Waals surface area contributed by atoms with Crippen LogP contribution in [0.1, 0.15) is 55.7 Å². The lowest BCUT2D eigenvalue weighted by molar-refractivity contribution is -0.140. The van der Waals surface area contributed by atoms with Crippen LogP contribution in [-0.2, 0) is 22.6 Å². The van der Waals surface area contributed by atoms with Crippen LogP contribution >= 0.6 is 0 Å². The number of hydrogen-bond donors (Lipinski definition) is 1. The maximum Gasteiger partial charge on any atom is 0.242 e. The van der Waals surface area contributed by atoms with Crippen molar-refractivity contribution in [2.45, 2.75) is 71.0 Å². The van der Waals surface area contributed by atoms with Crippen molar-refractivity contribution in [1.82, 2.24) is 10.2 Å². The van der Waals surface area contributed by atoms with Gasteiger partial charge in [-0.15, -0.1) is 0 Å². The highest BCUT2D eigenvalue weighted by atomic mass is 16.5. The molecule has 0 spiro atoms. The first-order valence-electron chi connectivity index (χ1n) is 11.2. The number of carbonyl (C=O) groups is 2. The zero-order valence-electron chi connectivity index (χ0n) is 18.9. The Balaban J connectivity index is 1.75. The maximum absolute atomic E-state index is 13.3. The van der Waals surface area contributed by atoms with Gasteiger partial charge in [0.05, 0.1) is 13.5 Å². The predicted molar refractivity (Wildman–Crippen MR) is 123 cm³/mol. The molecule has 1 fully saturated rings. The van der Waals surface area contributed by atoms with E-state index in [0.717, 1.165) is 48.1 Å². The number of nitrogens with zero attached hydrogens (tertiary/aromatic N) is 1. The molecule has 2 aromatic rings. The fraction of sp³-hybridized carbons (Fsp3) is 0.462. The minimum Gasteiger partial charge on any atom is -0.497 e. The summed E-state index contributed by atoms with van der Waals surface area (Å²) >= 11 is 0. The van der Waals surface area contributed by atoms with Gasteiger partial charge in [-0.3, -0.25) is 9.59 Å². The third kappa shape index (κ3) is 6.58. The molecule has 31 heavy (non-hydrogen) atoms. The molecule has 1 aliphatic rings. The van der Waals surface area contributed by atoms with Crippen molar-refractivity contribution >= 4 is 11.8 Å². The van der Waals surface area contributed by atoms with E-state index in [9.17, 15) is 9.59 Å². The van der Waals surface area contributed by atoms with Gasteiger partial charge in [0.25, 0.3) is 0 Å². The van der Waals surface area contributed by atoms with Crippen molar-refractivity contribution in [3.8, 4) is 5.75 Å². The SMILES string of the molecule is COc1ccc(CN(C(=O)Cc2cccc(C)c2)[C@@H](C)C(=O)NC2CCCCC2)cc1. The summed E-state index contributed by atoms with van der Waals surface area (Å²) in [5, 5.41) is 3.18. The predicted octanol–water partition coefficient (Wildman–Crippen LogP) is 4.41. The molecule has 0 radical (unpaired) electrons. The molecule has 1 saturated carbocycles. The van der Waals surface area contributed by atoms with Gasteiger partial charge in [0.15, 0.2) is 0 Å². The van der Waals surface area contributed by atoms with Crippen LogP contribution in [0.2, 0.25) is 0 Å². The Morgan fingerprint density at radius 2 is 1.77 bits per heavy atom. The van der Waals surface area contributed by atoms with Gasteiger partial charge in [0.2, 0.25) is 11.8 Å². The fourth-order valence-corrected chi connectivity index (χ4v) is 4.18. The van der Waals surface area contributed by atoms with E-state index in [1.807, 2.05) is 62.4 Å². The quantitative estimate of drug-likeness (QED) is 0.685. The summed E-state index contributed by atoms with van der Waals surface area (Å²) in [4.78, 5) is 28.0. The standard InChI is InChI=1S/C26H34N2O3/c1-19-8-7-9-22(16-19)17-25(29)28(18-21-12-14-24(31-3)15-13-21)20(2)26(30)27-23-10-5-4-6-11-23/h7-9,12-16,20,23H,4-6,10-11,17-18H2,1-3H3,(H,27,30)/t20-/m0/s1. The number of aryl methyl sites for hydroxylation is 1. The third-order valence-electron chi connectivity index (χ3n) is 6.07. The summed E-state index contributed by atoms with van der Waals surface area (Å²) in [6, 6.07) is 15.3. The first kappa shape index (κ1) is 22.9. The van der Waals surface area contributed by atoms with E-state index >= 15 is 0 Å². The summed E-state index contributed by atoms with van der Waals surface area (Å²) < 4.78 is 5.24. The number of amides is 2. The average Bonchev–Trinajstić information content (AvgIpc) is 2.78. The molecule has 0 heterocycles. The molecule has 0 aromatic heterocycles. The minimum atomic E-state index is -0.540. The molecule has 1 atom stereocenters. The lowest BCUT2D eigenvalue weighted by Gasteiger charge is -2.31. The van der Waals surface area contributed by atoms with E-state index < -0.39 is 6.04 Å². The molecule has 1 N–H and O–H groups in total. The second-order valence-corrected chi connectivity index (χ2v) is 8.56. The van der Waals surface area contributed by atoms with Crippen molar-refractivity contribution in [2.75, 3.05) is 7.11 Å². The van der Waals surface area contributed by atoms with E-state index in [1.165, 1.54) is 6.42 Å². The van der Waals surface area contributed by atoms with E-state index in [2.05, 4.69) is 5.32 Å². The number of benzene rings is 2. The zero-order valence-corrected chi connectivity index (χ0v) is 18.9. The number of methoxy groups -OCH3 is 1. The molecule has 5 nitrogen and oxygen atoms in total. The monoisotopic (exact) mass is 422 g/mol. The van der Waals surface area contributed by atoms with Gasteiger partial charge >= 0.3 is 0 Å². The first-order valence-corrected chi connectivity index (χ1v) is 11.2. The molecule has 0 saturated heterocycles. The molecule has 0 unspecified atom stereocenters. The van der Waals surface area contributed by atoms with Crippen LogP contribution in [0.3, 0.4) is 0 Å². The van der Waals surface area contributed by atoms with Gasteiger partial charge in [-0.05, 0) is 49.9 Å². The Morgan fingerprint density at radius 1 is 1.06 bits per heavy atom. The Morgan fingerprint density at radius 3 is 2.42 bits per heavy atom. The molecule has 5 heteroatoms. The van der Waals surface area contributed by atoms with E-state index in [0.29, 0.717) is 6.54 Å². The topological polar surface area (TPSA) is 58.6 Å². The summed E-state index contributed by atoms with van der Waals surface area (Å²) in [6.07, 6.45) is 5.87. The Labute approximate surface area is 185 Å². The number of rotatable bonds is 8. The van der Waals surface area contributed by atoms with E-state index in [-0.39, 0.29) is 24.3 Å². The minimum absolute atomic E-state index is 0.0484. The van der Waals surface area contributed by atoms with Crippen LogP contribution in [0.4, 0.5) is 0 Å². The van der Waals surface area contributed by atoms with Crippen molar-refractivity contribution in [3.05, 3.63) is 65.2 Å². The number of nitrogens with one attached hydrogen (secondary N) is 1. The molecule has 166 valence electrons. The normalized spacial score (nSPS) is 15.2. The average molecular weight is 423 g/mol. The van der Waals surface area contributed by atoms with Crippen LogP contribution in [0.25, 0.3) is 0 Å². The second-order valence-electron chi connectivity index (χ2n) is 8.56. The Kier molecular flexibility index (Phi) is 8.10. The van der Waals surface area contributed by atoms with Gasteiger partial charge in [0, 0.05) is 12.6 Å². The Bertz CT molecular complexity index is 872. The molecule has 1 aliphatic carbocycles. The molecular weight excluding hydrogens is 388 g/mol. The highest BCUT2D eigenvalue weighted by Crippen LogP contribution is 2.19. The summed E-state index contributed by atoms with van der Waals surface area (Å²) in [6.45, 7) is 4.23. The highest BCUT2D eigenvalue weighted by molar-refractivity contribution is 5.88.